The normalized spacial score (nSPS) is 23.1. The molecule has 5 heteroatoms. The Morgan fingerprint density at radius 3 is 2.80 bits per heavy atom. The van der Waals surface area contributed by atoms with Crippen molar-refractivity contribution in [2.24, 2.45) is 0 Å². The first-order chi connectivity index (χ1) is 12.3. The molecule has 2 aliphatic rings. The summed E-state index contributed by atoms with van der Waals surface area (Å²) in [6.45, 7) is 2.25. The van der Waals surface area contributed by atoms with Crippen molar-refractivity contribution >= 4 is 17.2 Å². The first kappa shape index (κ1) is 16.6. The number of likely N-dealkylation sites (tertiary alicyclic amines) is 1. The minimum absolute atomic E-state index is 0.111. The van der Waals surface area contributed by atoms with Crippen LogP contribution in [0.2, 0.25) is 0 Å². The van der Waals surface area contributed by atoms with E-state index in [2.05, 4.69) is 16.8 Å². The molecule has 1 aromatic heterocycles. The van der Waals surface area contributed by atoms with Gasteiger partial charge < -0.3 is 14.4 Å². The number of benzene rings is 1. The number of carbonyl (C=O) groups is 1. The Balaban J connectivity index is 1.39. The SMILES string of the molecule is O=C(c1ccc(OC[C@@H]2CCCO2)cc1)N1CCC[C@@H]1c1ccsc1. The van der Waals surface area contributed by atoms with E-state index in [1.807, 2.05) is 29.2 Å². The molecule has 0 unspecified atom stereocenters. The summed E-state index contributed by atoms with van der Waals surface area (Å²) < 4.78 is 11.3. The highest BCUT2D eigenvalue weighted by atomic mass is 32.1. The fraction of sp³-hybridized carbons (Fsp3) is 0.450. The van der Waals surface area contributed by atoms with Gasteiger partial charge in [0.2, 0.25) is 0 Å². The summed E-state index contributed by atoms with van der Waals surface area (Å²) in [5.74, 6) is 0.905. The minimum atomic E-state index is 0.111. The molecule has 0 saturated carbocycles. The van der Waals surface area contributed by atoms with Gasteiger partial charge >= 0.3 is 0 Å². The molecule has 1 amide bonds. The lowest BCUT2D eigenvalue weighted by atomic mass is 10.1. The van der Waals surface area contributed by atoms with Crippen LogP contribution in [0, 0.1) is 0 Å². The molecule has 2 atom stereocenters. The van der Waals surface area contributed by atoms with Crippen molar-refractivity contribution in [1.82, 2.24) is 4.90 Å². The van der Waals surface area contributed by atoms with Gasteiger partial charge in [0.25, 0.3) is 5.91 Å². The first-order valence-electron chi connectivity index (χ1n) is 8.99. The van der Waals surface area contributed by atoms with Gasteiger partial charge in [-0.15, -0.1) is 0 Å². The molecule has 0 aliphatic carbocycles. The Labute approximate surface area is 152 Å². The van der Waals surface area contributed by atoms with Gasteiger partial charge in [0.1, 0.15) is 12.4 Å². The molecule has 1 aromatic carbocycles. The lowest BCUT2D eigenvalue weighted by molar-refractivity contribution is 0.0678. The highest BCUT2D eigenvalue weighted by molar-refractivity contribution is 7.08. The van der Waals surface area contributed by atoms with Crippen LogP contribution >= 0.6 is 11.3 Å². The van der Waals surface area contributed by atoms with E-state index in [9.17, 15) is 4.79 Å². The van der Waals surface area contributed by atoms with Gasteiger partial charge in [-0.3, -0.25) is 4.79 Å². The largest absolute Gasteiger partial charge is 0.491 e. The first-order valence-corrected chi connectivity index (χ1v) is 9.93. The Bertz CT molecular complexity index is 692. The second-order valence-electron chi connectivity index (χ2n) is 6.68. The van der Waals surface area contributed by atoms with Gasteiger partial charge in [0.15, 0.2) is 0 Å². The van der Waals surface area contributed by atoms with E-state index in [1.54, 1.807) is 11.3 Å². The lowest BCUT2D eigenvalue weighted by Gasteiger charge is -2.24. The molecule has 3 heterocycles. The fourth-order valence-corrected chi connectivity index (χ4v) is 4.35. The van der Waals surface area contributed by atoms with E-state index < -0.39 is 0 Å². The second-order valence-corrected chi connectivity index (χ2v) is 7.46. The second kappa shape index (κ2) is 7.58. The molecule has 0 N–H and O–H groups in total. The van der Waals surface area contributed by atoms with E-state index >= 15 is 0 Å². The molecular weight excluding hydrogens is 334 g/mol. The van der Waals surface area contributed by atoms with Crippen molar-refractivity contribution in [3.63, 3.8) is 0 Å². The zero-order chi connectivity index (χ0) is 17.1. The number of nitrogens with zero attached hydrogens (tertiary/aromatic N) is 1. The summed E-state index contributed by atoms with van der Waals surface area (Å²) in [5, 5.41) is 4.23. The van der Waals surface area contributed by atoms with Crippen LogP contribution in [0.25, 0.3) is 0 Å². The third-order valence-electron chi connectivity index (χ3n) is 5.00. The molecule has 25 heavy (non-hydrogen) atoms. The summed E-state index contributed by atoms with van der Waals surface area (Å²) in [7, 11) is 0. The van der Waals surface area contributed by atoms with Crippen molar-refractivity contribution in [1.29, 1.82) is 0 Å². The van der Waals surface area contributed by atoms with Crippen molar-refractivity contribution in [2.75, 3.05) is 19.8 Å². The molecule has 4 nitrogen and oxygen atoms in total. The van der Waals surface area contributed by atoms with E-state index in [1.165, 1.54) is 5.56 Å². The Morgan fingerprint density at radius 1 is 1.20 bits per heavy atom. The van der Waals surface area contributed by atoms with Crippen LogP contribution in [-0.2, 0) is 4.74 Å². The molecule has 2 aromatic rings. The number of rotatable bonds is 5. The van der Waals surface area contributed by atoms with E-state index in [4.69, 9.17) is 9.47 Å². The topological polar surface area (TPSA) is 38.8 Å². The van der Waals surface area contributed by atoms with Gasteiger partial charge in [-0.25, -0.2) is 0 Å². The molecule has 4 rings (SSSR count). The van der Waals surface area contributed by atoms with Crippen LogP contribution in [0.3, 0.4) is 0 Å². The fourth-order valence-electron chi connectivity index (χ4n) is 3.65. The molecule has 2 fully saturated rings. The van der Waals surface area contributed by atoms with E-state index in [-0.39, 0.29) is 18.1 Å². The predicted octanol–water partition coefficient (Wildman–Crippen LogP) is 4.28. The maximum atomic E-state index is 12.9. The van der Waals surface area contributed by atoms with Crippen LogP contribution in [-0.4, -0.2) is 36.7 Å². The number of hydrogen-bond donors (Lipinski definition) is 0. The molecular formula is C20H23NO3S. The minimum Gasteiger partial charge on any atom is -0.491 e. The van der Waals surface area contributed by atoms with Crippen molar-refractivity contribution in [2.45, 2.75) is 37.8 Å². The zero-order valence-electron chi connectivity index (χ0n) is 14.2. The average Bonchev–Trinajstić information content (AvgIpc) is 3.41. The van der Waals surface area contributed by atoms with Crippen LogP contribution < -0.4 is 4.74 Å². The van der Waals surface area contributed by atoms with Gasteiger partial charge in [-0.2, -0.15) is 11.3 Å². The van der Waals surface area contributed by atoms with Gasteiger partial charge in [0, 0.05) is 18.7 Å². The highest BCUT2D eigenvalue weighted by Gasteiger charge is 2.30. The smallest absolute Gasteiger partial charge is 0.254 e. The number of ether oxygens (including phenoxy) is 2. The quantitative estimate of drug-likeness (QED) is 0.801. The summed E-state index contributed by atoms with van der Waals surface area (Å²) in [5.41, 5.74) is 1.99. The number of hydrogen-bond acceptors (Lipinski definition) is 4. The summed E-state index contributed by atoms with van der Waals surface area (Å²) in [6, 6.07) is 9.86. The number of amides is 1. The third kappa shape index (κ3) is 3.72. The van der Waals surface area contributed by atoms with Crippen LogP contribution in [0.1, 0.15) is 47.6 Å². The summed E-state index contributed by atoms with van der Waals surface area (Å²) >= 11 is 1.69. The molecule has 0 spiro atoms. The monoisotopic (exact) mass is 357 g/mol. The van der Waals surface area contributed by atoms with Crippen molar-refractivity contribution in [3.8, 4) is 5.75 Å². The molecule has 0 bridgehead atoms. The van der Waals surface area contributed by atoms with Crippen LogP contribution in [0.15, 0.2) is 41.1 Å². The van der Waals surface area contributed by atoms with E-state index in [0.717, 1.165) is 50.1 Å². The number of thiophene rings is 1. The van der Waals surface area contributed by atoms with Gasteiger partial charge in [-0.05, 0) is 72.3 Å². The maximum absolute atomic E-state index is 12.9. The summed E-state index contributed by atoms with van der Waals surface area (Å²) in [6.07, 6.45) is 4.50. The van der Waals surface area contributed by atoms with Gasteiger partial charge in [0.05, 0.1) is 12.1 Å². The zero-order valence-corrected chi connectivity index (χ0v) is 15.0. The predicted molar refractivity (Wildman–Crippen MR) is 98.2 cm³/mol. The van der Waals surface area contributed by atoms with E-state index in [0.29, 0.717) is 6.61 Å². The highest BCUT2D eigenvalue weighted by Crippen LogP contribution is 2.34. The Kier molecular flexibility index (Phi) is 5.04. The number of carbonyl (C=O) groups excluding carboxylic acids is 1. The van der Waals surface area contributed by atoms with Gasteiger partial charge in [-0.1, -0.05) is 0 Å². The average molecular weight is 357 g/mol. The Hall–Kier alpha value is -1.85. The summed E-state index contributed by atoms with van der Waals surface area (Å²) in [4.78, 5) is 14.9. The van der Waals surface area contributed by atoms with Crippen molar-refractivity contribution < 1.29 is 14.3 Å². The van der Waals surface area contributed by atoms with Crippen LogP contribution in [0.4, 0.5) is 0 Å². The standard InChI is InChI=1S/C20H23NO3S/c22-20(21-10-1-4-19(21)16-9-12-25-14-16)15-5-7-17(8-6-15)24-13-18-3-2-11-23-18/h5-9,12,14,18-19H,1-4,10-11,13H2/t18-,19+/m0/s1. The molecule has 2 saturated heterocycles. The lowest BCUT2D eigenvalue weighted by Crippen LogP contribution is -2.30. The Morgan fingerprint density at radius 2 is 2.08 bits per heavy atom. The van der Waals surface area contributed by atoms with Crippen molar-refractivity contribution in [3.05, 3.63) is 52.2 Å². The van der Waals surface area contributed by atoms with Crippen LogP contribution in [0.5, 0.6) is 5.75 Å². The maximum Gasteiger partial charge on any atom is 0.254 e. The molecule has 2 aliphatic heterocycles. The molecule has 0 radical (unpaired) electrons. The third-order valence-corrected chi connectivity index (χ3v) is 5.70. The molecule has 132 valence electrons.